The van der Waals surface area contributed by atoms with Crippen LogP contribution in [0.15, 0.2) is 36.4 Å². The number of hydrogen-bond acceptors (Lipinski definition) is 3. The third kappa shape index (κ3) is 2.20. The zero-order valence-electron chi connectivity index (χ0n) is 11.7. The summed E-state index contributed by atoms with van der Waals surface area (Å²) in [5, 5.41) is 9.09. The van der Waals surface area contributed by atoms with Gasteiger partial charge in [-0.05, 0) is 55.0 Å². The number of rotatable bonds is 2. The molecule has 3 aromatic rings. The van der Waals surface area contributed by atoms with Crippen molar-refractivity contribution in [3.63, 3.8) is 0 Å². The molecule has 0 saturated carbocycles. The minimum atomic E-state index is 0.573. The van der Waals surface area contributed by atoms with Crippen molar-refractivity contribution in [1.29, 1.82) is 5.26 Å². The Balaban J connectivity index is 2.40. The molecule has 0 amide bonds. The number of nitriles is 1. The Kier molecular flexibility index (Phi) is 3.24. The Morgan fingerprint density at radius 1 is 1.24 bits per heavy atom. The van der Waals surface area contributed by atoms with Gasteiger partial charge in [-0.25, -0.2) is 0 Å². The van der Waals surface area contributed by atoms with Gasteiger partial charge in [0.15, 0.2) is 4.77 Å². The lowest BCUT2D eigenvalue weighted by atomic mass is 10.2. The standard InChI is InChI=1S/C16H13N3OS/c1-10-3-6-15(20-2)14(7-10)19-13-8-11(9-17)4-5-12(13)18-16(19)21/h3-8H,1-2H3,(H,18,21). The Morgan fingerprint density at radius 2 is 2.05 bits per heavy atom. The molecule has 0 radical (unpaired) electrons. The summed E-state index contributed by atoms with van der Waals surface area (Å²) in [4.78, 5) is 3.16. The fraction of sp³-hybridized carbons (Fsp3) is 0.125. The summed E-state index contributed by atoms with van der Waals surface area (Å²) in [5.74, 6) is 0.736. The van der Waals surface area contributed by atoms with Crippen LogP contribution in [-0.4, -0.2) is 16.7 Å². The average molecular weight is 295 g/mol. The van der Waals surface area contributed by atoms with Crippen LogP contribution < -0.4 is 4.74 Å². The first-order valence-electron chi connectivity index (χ1n) is 6.44. The van der Waals surface area contributed by atoms with E-state index < -0.39 is 0 Å². The average Bonchev–Trinajstić information content (AvgIpc) is 2.81. The molecule has 0 atom stereocenters. The topological polar surface area (TPSA) is 53.7 Å². The molecule has 5 heteroatoms. The molecule has 0 aliphatic heterocycles. The molecule has 21 heavy (non-hydrogen) atoms. The van der Waals surface area contributed by atoms with Gasteiger partial charge in [-0.2, -0.15) is 5.26 Å². The van der Waals surface area contributed by atoms with Gasteiger partial charge in [-0.15, -0.1) is 0 Å². The van der Waals surface area contributed by atoms with Crippen molar-refractivity contribution in [3.8, 4) is 17.5 Å². The quantitative estimate of drug-likeness (QED) is 0.730. The molecule has 104 valence electrons. The van der Waals surface area contributed by atoms with Crippen LogP contribution in [0.1, 0.15) is 11.1 Å². The molecule has 1 N–H and O–H groups in total. The SMILES string of the molecule is COc1ccc(C)cc1-n1c(=S)[nH]c2ccc(C#N)cc21. The van der Waals surface area contributed by atoms with Crippen molar-refractivity contribution in [2.45, 2.75) is 6.92 Å². The van der Waals surface area contributed by atoms with Crippen LogP contribution in [0.3, 0.4) is 0 Å². The first kappa shape index (κ1) is 13.4. The number of hydrogen-bond donors (Lipinski definition) is 1. The first-order chi connectivity index (χ1) is 10.1. The number of benzene rings is 2. The minimum absolute atomic E-state index is 0.573. The van der Waals surface area contributed by atoms with Gasteiger partial charge in [-0.1, -0.05) is 6.07 Å². The van der Waals surface area contributed by atoms with Gasteiger partial charge in [0.05, 0.1) is 35.5 Å². The zero-order valence-corrected chi connectivity index (χ0v) is 12.5. The molecule has 0 aliphatic rings. The molecule has 2 aromatic carbocycles. The smallest absolute Gasteiger partial charge is 0.182 e. The molecule has 1 aromatic heterocycles. The van der Waals surface area contributed by atoms with Crippen LogP contribution >= 0.6 is 12.2 Å². The van der Waals surface area contributed by atoms with Gasteiger partial charge >= 0.3 is 0 Å². The van der Waals surface area contributed by atoms with Gasteiger partial charge < -0.3 is 9.72 Å². The summed E-state index contributed by atoms with van der Waals surface area (Å²) < 4.78 is 7.91. The number of fused-ring (bicyclic) bond motifs is 1. The van der Waals surface area contributed by atoms with Crippen LogP contribution in [-0.2, 0) is 0 Å². The Bertz CT molecular complexity index is 931. The summed E-state index contributed by atoms with van der Waals surface area (Å²) in [6.45, 7) is 2.02. The van der Waals surface area contributed by atoms with E-state index in [4.69, 9.17) is 22.2 Å². The van der Waals surface area contributed by atoms with E-state index in [0.29, 0.717) is 10.3 Å². The maximum Gasteiger partial charge on any atom is 0.182 e. The lowest BCUT2D eigenvalue weighted by molar-refractivity contribution is 0.413. The van der Waals surface area contributed by atoms with Crippen LogP contribution in [0.5, 0.6) is 5.75 Å². The van der Waals surface area contributed by atoms with Crippen molar-refractivity contribution in [1.82, 2.24) is 9.55 Å². The van der Waals surface area contributed by atoms with Crippen LogP contribution in [0.4, 0.5) is 0 Å². The zero-order chi connectivity index (χ0) is 15.0. The predicted molar refractivity (Wildman–Crippen MR) is 84.5 cm³/mol. The van der Waals surface area contributed by atoms with E-state index in [0.717, 1.165) is 28.0 Å². The third-order valence-corrected chi connectivity index (χ3v) is 3.67. The molecule has 0 saturated heterocycles. The Morgan fingerprint density at radius 3 is 2.76 bits per heavy atom. The van der Waals surface area contributed by atoms with Crippen LogP contribution in [0.2, 0.25) is 0 Å². The molecule has 0 aliphatic carbocycles. The second-order valence-corrected chi connectivity index (χ2v) is 5.17. The fourth-order valence-corrected chi connectivity index (χ4v) is 2.69. The molecular formula is C16H13N3OS. The van der Waals surface area contributed by atoms with E-state index in [9.17, 15) is 0 Å². The maximum atomic E-state index is 9.09. The van der Waals surface area contributed by atoms with Crippen molar-refractivity contribution in [2.24, 2.45) is 0 Å². The van der Waals surface area contributed by atoms with Crippen LogP contribution in [0, 0.1) is 23.0 Å². The summed E-state index contributed by atoms with van der Waals surface area (Å²) in [7, 11) is 1.63. The van der Waals surface area contributed by atoms with Crippen molar-refractivity contribution < 1.29 is 4.74 Å². The van der Waals surface area contributed by atoms with Gasteiger partial charge in [0.25, 0.3) is 0 Å². The highest BCUT2D eigenvalue weighted by atomic mass is 32.1. The summed E-state index contributed by atoms with van der Waals surface area (Å²) in [6, 6.07) is 13.5. The third-order valence-electron chi connectivity index (χ3n) is 3.39. The number of nitrogens with zero attached hydrogens (tertiary/aromatic N) is 2. The second kappa shape index (κ2) is 5.08. The molecule has 3 rings (SSSR count). The van der Waals surface area contributed by atoms with E-state index >= 15 is 0 Å². The van der Waals surface area contributed by atoms with Gasteiger partial charge in [0.1, 0.15) is 5.75 Å². The molecule has 0 unspecified atom stereocenters. The summed E-state index contributed by atoms with van der Waals surface area (Å²) >= 11 is 5.43. The highest BCUT2D eigenvalue weighted by Gasteiger charge is 2.12. The number of aromatic amines is 1. The lowest BCUT2D eigenvalue weighted by Crippen LogP contribution is -1.99. The highest BCUT2D eigenvalue weighted by molar-refractivity contribution is 7.71. The number of nitrogens with one attached hydrogen (secondary N) is 1. The first-order valence-corrected chi connectivity index (χ1v) is 6.85. The molecule has 0 fully saturated rings. The normalized spacial score (nSPS) is 10.5. The van der Waals surface area contributed by atoms with E-state index in [-0.39, 0.29) is 0 Å². The number of aryl methyl sites for hydroxylation is 1. The van der Waals surface area contributed by atoms with E-state index in [2.05, 4.69) is 11.1 Å². The largest absolute Gasteiger partial charge is 0.495 e. The number of aromatic nitrogens is 2. The summed E-state index contributed by atoms with van der Waals surface area (Å²) in [5.41, 5.74) is 4.32. The molecule has 4 nitrogen and oxygen atoms in total. The number of imidazole rings is 1. The molecule has 1 heterocycles. The predicted octanol–water partition coefficient (Wildman–Crippen LogP) is 3.88. The van der Waals surface area contributed by atoms with Crippen molar-refractivity contribution in [3.05, 3.63) is 52.3 Å². The monoisotopic (exact) mass is 295 g/mol. The van der Waals surface area contributed by atoms with E-state index in [1.807, 2.05) is 41.8 Å². The second-order valence-electron chi connectivity index (χ2n) is 4.78. The Hall–Kier alpha value is -2.58. The number of methoxy groups -OCH3 is 1. The number of ether oxygens (including phenoxy) is 1. The van der Waals surface area contributed by atoms with Crippen LogP contribution in [0.25, 0.3) is 16.7 Å². The summed E-state index contributed by atoms with van der Waals surface area (Å²) in [6.07, 6.45) is 0. The Labute approximate surface area is 127 Å². The molecule has 0 spiro atoms. The van der Waals surface area contributed by atoms with E-state index in [1.54, 1.807) is 13.2 Å². The lowest BCUT2D eigenvalue weighted by Gasteiger charge is -2.11. The van der Waals surface area contributed by atoms with Gasteiger partial charge in [0.2, 0.25) is 0 Å². The minimum Gasteiger partial charge on any atom is -0.495 e. The van der Waals surface area contributed by atoms with Gasteiger partial charge in [-0.3, -0.25) is 4.57 Å². The maximum absolute atomic E-state index is 9.09. The van der Waals surface area contributed by atoms with E-state index in [1.165, 1.54) is 0 Å². The molecule has 0 bridgehead atoms. The number of H-pyrrole nitrogens is 1. The van der Waals surface area contributed by atoms with Crippen molar-refractivity contribution in [2.75, 3.05) is 7.11 Å². The van der Waals surface area contributed by atoms with Gasteiger partial charge in [0, 0.05) is 0 Å². The molecular weight excluding hydrogens is 282 g/mol. The highest BCUT2D eigenvalue weighted by Crippen LogP contribution is 2.28. The van der Waals surface area contributed by atoms with Crippen molar-refractivity contribution >= 4 is 23.3 Å². The fourth-order valence-electron chi connectivity index (χ4n) is 2.39.